The van der Waals surface area contributed by atoms with Crippen molar-refractivity contribution in [3.63, 3.8) is 0 Å². The highest BCUT2D eigenvalue weighted by atomic mass is 35.5. The predicted octanol–water partition coefficient (Wildman–Crippen LogP) is 2.49. The standard InChI is InChI=1S/C13H26N2O.ClH/c1-5-13(4,6-2)15-12(16)11-7-8-14-10(3)9-11;/h10-11,14H,5-9H2,1-4H3,(H,15,16);1H/t10-,11-;/m0./s1. The van der Waals surface area contributed by atoms with Crippen LogP contribution in [0.3, 0.4) is 0 Å². The molecule has 0 aliphatic carbocycles. The fraction of sp³-hybridized carbons (Fsp3) is 0.923. The van der Waals surface area contributed by atoms with Crippen molar-refractivity contribution in [3.05, 3.63) is 0 Å². The fourth-order valence-corrected chi connectivity index (χ4v) is 2.20. The second-order valence-corrected chi connectivity index (χ2v) is 5.33. The molecule has 0 radical (unpaired) electrons. The zero-order valence-electron chi connectivity index (χ0n) is 11.5. The van der Waals surface area contributed by atoms with E-state index in [0.29, 0.717) is 6.04 Å². The van der Waals surface area contributed by atoms with Gasteiger partial charge in [-0.1, -0.05) is 13.8 Å². The van der Waals surface area contributed by atoms with Crippen molar-refractivity contribution in [2.75, 3.05) is 6.54 Å². The first-order valence-electron chi connectivity index (χ1n) is 6.56. The topological polar surface area (TPSA) is 41.1 Å². The lowest BCUT2D eigenvalue weighted by Crippen LogP contribution is -2.50. The number of hydrogen-bond donors (Lipinski definition) is 2. The van der Waals surface area contributed by atoms with Crippen molar-refractivity contribution >= 4 is 18.3 Å². The summed E-state index contributed by atoms with van der Waals surface area (Å²) >= 11 is 0. The Hall–Kier alpha value is -0.280. The van der Waals surface area contributed by atoms with Gasteiger partial charge >= 0.3 is 0 Å². The van der Waals surface area contributed by atoms with E-state index in [9.17, 15) is 4.79 Å². The molecule has 0 aromatic carbocycles. The first-order chi connectivity index (χ1) is 7.50. The second-order valence-electron chi connectivity index (χ2n) is 5.33. The molecular weight excluding hydrogens is 236 g/mol. The van der Waals surface area contributed by atoms with Gasteiger partial charge in [0.05, 0.1) is 0 Å². The Labute approximate surface area is 112 Å². The van der Waals surface area contributed by atoms with E-state index in [2.05, 4.69) is 38.3 Å². The lowest BCUT2D eigenvalue weighted by molar-refractivity contribution is -0.128. The zero-order valence-corrected chi connectivity index (χ0v) is 12.3. The van der Waals surface area contributed by atoms with Crippen LogP contribution in [0.15, 0.2) is 0 Å². The lowest BCUT2D eigenvalue weighted by Gasteiger charge is -2.33. The summed E-state index contributed by atoms with van der Waals surface area (Å²) in [5.74, 6) is 0.452. The van der Waals surface area contributed by atoms with Crippen molar-refractivity contribution in [2.45, 2.75) is 65.0 Å². The first kappa shape index (κ1) is 16.7. The van der Waals surface area contributed by atoms with Gasteiger partial charge in [-0.25, -0.2) is 0 Å². The van der Waals surface area contributed by atoms with Crippen LogP contribution in [0.1, 0.15) is 53.4 Å². The van der Waals surface area contributed by atoms with Crippen LogP contribution in [-0.2, 0) is 4.79 Å². The molecule has 2 N–H and O–H groups in total. The highest BCUT2D eigenvalue weighted by Crippen LogP contribution is 2.20. The summed E-state index contributed by atoms with van der Waals surface area (Å²) in [4.78, 5) is 12.1. The Balaban J connectivity index is 0.00000256. The molecule has 1 heterocycles. The molecule has 0 spiro atoms. The molecule has 0 unspecified atom stereocenters. The molecule has 0 aromatic rings. The minimum Gasteiger partial charge on any atom is -0.351 e. The summed E-state index contributed by atoms with van der Waals surface area (Å²) in [7, 11) is 0. The third kappa shape index (κ3) is 4.84. The summed E-state index contributed by atoms with van der Waals surface area (Å²) in [6.07, 6.45) is 3.93. The molecule has 1 saturated heterocycles. The summed E-state index contributed by atoms with van der Waals surface area (Å²) in [6.45, 7) is 9.52. The van der Waals surface area contributed by atoms with E-state index >= 15 is 0 Å². The van der Waals surface area contributed by atoms with Crippen molar-refractivity contribution in [1.82, 2.24) is 10.6 Å². The van der Waals surface area contributed by atoms with Crippen LogP contribution in [0.5, 0.6) is 0 Å². The molecule has 0 aromatic heterocycles. The molecule has 1 rings (SSSR count). The Kier molecular flexibility index (Phi) is 7.10. The van der Waals surface area contributed by atoms with Gasteiger partial charge in [-0.05, 0) is 46.1 Å². The van der Waals surface area contributed by atoms with Gasteiger partial charge in [0.2, 0.25) is 5.91 Å². The molecule has 1 aliphatic rings. The summed E-state index contributed by atoms with van der Waals surface area (Å²) in [6, 6.07) is 0.471. The molecule has 2 atom stereocenters. The minimum atomic E-state index is -0.0226. The Morgan fingerprint density at radius 3 is 2.47 bits per heavy atom. The number of rotatable bonds is 4. The van der Waals surface area contributed by atoms with Gasteiger partial charge in [0.1, 0.15) is 0 Å². The van der Waals surface area contributed by atoms with E-state index < -0.39 is 0 Å². The Morgan fingerprint density at radius 2 is 2.00 bits per heavy atom. The smallest absolute Gasteiger partial charge is 0.223 e. The molecule has 3 nitrogen and oxygen atoms in total. The van der Waals surface area contributed by atoms with E-state index in [0.717, 1.165) is 32.2 Å². The lowest BCUT2D eigenvalue weighted by atomic mass is 9.89. The van der Waals surface area contributed by atoms with Crippen molar-refractivity contribution in [1.29, 1.82) is 0 Å². The number of halogens is 1. The van der Waals surface area contributed by atoms with Gasteiger partial charge < -0.3 is 10.6 Å². The van der Waals surface area contributed by atoms with Crippen molar-refractivity contribution < 1.29 is 4.79 Å². The predicted molar refractivity (Wildman–Crippen MR) is 74.6 cm³/mol. The largest absolute Gasteiger partial charge is 0.351 e. The fourth-order valence-electron chi connectivity index (χ4n) is 2.20. The average molecular weight is 263 g/mol. The SMILES string of the molecule is CCC(C)(CC)NC(=O)[C@H]1CCN[C@@H](C)C1.Cl. The molecule has 1 aliphatic heterocycles. The monoisotopic (exact) mass is 262 g/mol. The van der Waals surface area contributed by atoms with E-state index in [4.69, 9.17) is 0 Å². The van der Waals surface area contributed by atoms with Crippen LogP contribution >= 0.6 is 12.4 Å². The van der Waals surface area contributed by atoms with Crippen LogP contribution in [0, 0.1) is 5.92 Å². The number of hydrogen-bond acceptors (Lipinski definition) is 2. The molecule has 0 saturated carbocycles. The highest BCUT2D eigenvalue weighted by molar-refractivity contribution is 5.85. The minimum absolute atomic E-state index is 0. The van der Waals surface area contributed by atoms with Crippen molar-refractivity contribution in [2.24, 2.45) is 5.92 Å². The third-order valence-corrected chi connectivity index (χ3v) is 3.98. The molecule has 102 valence electrons. The number of amides is 1. The molecule has 1 fully saturated rings. The van der Waals surface area contributed by atoms with Crippen LogP contribution < -0.4 is 10.6 Å². The van der Waals surface area contributed by atoms with Crippen molar-refractivity contribution in [3.8, 4) is 0 Å². The summed E-state index contributed by atoms with van der Waals surface area (Å²) < 4.78 is 0. The summed E-state index contributed by atoms with van der Waals surface area (Å²) in [5, 5.41) is 6.59. The Bertz CT molecular complexity index is 242. The molecule has 4 heteroatoms. The molecule has 1 amide bonds. The zero-order chi connectivity index (χ0) is 12.2. The maximum atomic E-state index is 12.1. The van der Waals surface area contributed by atoms with Gasteiger partial charge in [0.25, 0.3) is 0 Å². The average Bonchev–Trinajstić information content (AvgIpc) is 2.29. The quantitative estimate of drug-likeness (QED) is 0.817. The van der Waals surface area contributed by atoms with Crippen LogP contribution in [0.2, 0.25) is 0 Å². The maximum Gasteiger partial charge on any atom is 0.223 e. The Morgan fingerprint density at radius 1 is 1.41 bits per heavy atom. The van der Waals surface area contributed by atoms with Crippen LogP contribution in [0.25, 0.3) is 0 Å². The molecule has 0 bridgehead atoms. The number of nitrogens with one attached hydrogen (secondary N) is 2. The van der Waals surface area contributed by atoms with Gasteiger partial charge in [-0.15, -0.1) is 12.4 Å². The van der Waals surface area contributed by atoms with Gasteiger partial charge in [0.15, 0.2) is 0 Å². The summed E-state index contributed by atoms with van der Waals surface area (Å²) in [5.41, 5.74) is -0.0226. The first-order valence-corrected chi connectivity index (χ1v) is 6.56. The van der Waals surface area contributed by atoms with Gasteiger partial charge in [-0.3, -0.25) is 4.79 Å². The number of carbonyl (C=O) groups excluding carboxylic acids is 1. The van der Waals surface area contributed by atoms with Gasteiger partial charge in [0, 0.05) is 17.5 Å². The highest BCUT2D eigenvalue weighted by Gasteiger charge is 2.29. The second kappa shape index (κ2) is 7.22. The number of carbonyl (C=O) groups is 1. The van der Waals surface area contributed by atoms with Gasteiger partial charge in [-0.2, -0.15) is 0 Å². The third-order valence-electron chi connectivity index (χ3n) is 3.98. The van der Waals surface area contributed by atoms with E-state index in [-0.39, 0.29) is 29.8 Å². The molecule has 17 heavy (non-hydrogen) atoms. The van der Waals surface area contributed by atoms with E-state index in [1.807, 2.05) is 0 Å². The molecular formula is C13H27ClN2O. The van der Waals surface area contributed by atoms with Crippen LogP contribution in [-0.4, -0.2) is 24.0 Å². The number of piperidine rings is 1. The normalized spacial score (nSPS) is 24.9. The maximum absolute atomic E-state index is 12.1. The van der Waals surface area contributed by atoms with E-state index in [1.165, 1.54) is 0 Å². The van der Waals surface area contributed by atoms with Crippen LogP contribution in [0.4, 0.5) is 0 Å². The van der Waals surface area contributed by atoms with E-state index in [1.54, 1.807) is 0 Å².